The predicted octanol–water partition coefficient (Wildman–Crippen LogP) is 2.82. The van der Waals surface area contributed by atoms with E-state index in [2.05, 4.69) is 57.2 Å². The van der Waals surface area contributed by atoms with Crippen molar-refractivity contribution in [1.82, 2.24) is 15.1 Å². The molecule has 124 valence electrons. The fraction of sp³-hybridized carbons (Fsp3) is 1.00. The smallest absolute Gasteiger partial charge is 0.0330 e. The van der Waals surface area contributed by atoms with E-state index in [0.717, 1.165) is 5.92 Å². The molecule has 0 bridgehead atoms. The molecular weight excluding hydrogens is 258 g/mol. The Hall–Kier alpha value is -0.120. The van der Waals surface area contributed by atoms with Crippen LogP contribution in [0, 0.1) is 11.3 Å². The maximum Gasteiger partial charge on any atom is 0.0330 e. The van der Waals surface area contributed by atoms with Crippen molar-refractivity contribution in [3.05, 3.63) is 0 Å². The van der Waals surface area contributed by atoms with Crippen molar-refractivity contribution in [2.45, 2.75) is 64.0 Å². The van der Waals surface area contributed by atoms with E-state index in [4.69, 9.17) is 0 Å². The highest BCUT2D eigenvalue weighted by molar-refractivity contribution is 4.98. The zero-order valence-electron chi connectivity index (χ0n) is 15.2. The fourth-order valence-electron chi connectivity index (χ4n) is 4.61. The van der Waals surface area contributed by atoms with Crippen LogP contribution in [-0.2, 0) is 0 Å². The molecule has 2 fully saturated rings. The third-order valence-corrected chi connectivity index (χ3v) is 6.23. The average Bonchev–Trinajstić information content (AvgIpc) is 2.32. The summed E-state index contributed by atoms with van der Waals surface area (Å²) < 4.78 is 0. The molecule has 0 aliphatic heterocycles. The van der Waals surface area contributed by atoms with Crippen molar-refractivity contribution < 1.29 is 0 Å². The molecule has 0 saturated heterocycles. The molecule has 2 saturated carbocycles. The van der Waals surface area contributed by atoms with Gasteiger partial charge in [0.15, 0.2) is 0 Å². The first-order chi connectivity index (χ1) is 9.78. The van der Waals surface area contributed by atoms with Crippen molar-refractivity contribution in [2.75, 3.05) is 41.3 Å². The minimum atomic E-state index is 0.452. The van der Waals surface area contributed by atoms with Crippen LogP contribution < -0.4 is 5.32 Å². The fourth-order valence-corrected chi connectivity index (χ4v) is 4.61. The van der Waals surface area contributed by atoms with Gasteiger partial charge in [-0.2, -0.15) is 0 Å². The zero-order chi connectivity index (χ0) is 15.7. The molecule has 0 heterocycles. The lowest BCUT2D eigenvalue weighted by Gasteiger charge is -2.50. The molecule has 2 rings (SSSR count). The highest BCUT2D eigenvalue weighted by Gasteiger charge is 2.41. The Morgan fingerprint density at radius 1 is 1.10 bits per heavy atom. The lowest BCUT2D eigenvalue weighted by molar-refractivity contribution is 0.0160. The number of hydrogen-bond acceptors (Lipinski definition) is 3. The summed E-state index contributed by atoms with van der Waals surface area (Å²) in [5.41, 5.74) is 0.975. The monoisotopic (exact) mass is 295 g/mol. The van der Waals surface area contributed by atoms with Gasteiger partial charge in [0.2, 0.25) is 0 Å². The predicted molar refractivity (Wildman–Crippen MR) is 91.7 cm³/mol. The Labute approximate surface area is 132 Å². The molecular formula is C18H37N3. The first kappa shape index (κ1) is 17.2. The van der Waals surface area contributed by atoms with E-state index >= 15 is 0 Å². The summed E-state index contributed by atoms with van der Waals surface area (Å²) >= 11 is 0. The molecule has 21 heavy (non-hydrogen) atoms. The molecule has 0 radical (unpaired) electrons. The Balaban J connectivity index is 1.92. The number of nitrogens with zero attached hydrogens (tertiary/aromatic N) is 2. The first-order valence-corrected chi connectivity index (χ1v) is 8.81. The van der Waals surface area contributed by atoms with Gasteiger partial charge in [0.1, 0.15) is 0 Å². The van der Waals surface area contributed by atoms with Crippen molar-refractivity contribution in [3.63, 3.8) is 0 Å². The second-order valence-electron chi connectivity index (χ2n) is 8.73. The molecule has 0 aromatic carbocycles. The standard InChI is InChI=1S/C18H37N3/c1-17(2)11-8-16(19-3)15(12-17)13-21(6)14-18(20(4)5)9-7-10-18/h15-16,19H,7-14H2,1-6H3. The van der Waals surface area contributed by atoms with Crippen LogP contribution in [0.25, 0.3) is 0 Å². The van der Waals surface area contributed by atoms with Crippen LogP contribution in [0.15, 0.2) is 0 Å². The van der Waals surface area contributed by atoms with Crippen LogP contribution in [-0.4, -0.2) is 62.7 Å². The zero-order valence-corrected chi connectivity index (χ0v) is 15.2. The van der Waals surface area contributed by atoms with Crippen molar-refractivity contribution in [3.8, 4) is 0 Å². The van der Waals surface area contributed by atoms with E-state index in [9.17, 15) is 0 Å². The van der Waals surface area contributed by atoms with Gasteiger partial charge >= 0.3 is 0 Å². The molecule has 3 nitrogen and oxygen atoms in total. The maximum atomic E-state index is 3.57. The number of rotatable bonds is 6. The van der Waals surface area contributed by atoms with E-state index in [1.165, 1.54) is 51.6 Å². The van der Waals surface area contributed by atoms with Gasteiger partial charge in [0.25, 0.3) is 0 Å². The van der Waals surface area contributed by atoms with Crippen LogP contribution in [0.3, 0.4) is 0 Å². The Bertz CT molecular complexity index is 333. The van der Waals surface area contributed by atoms with Crippen LogP contribution in [0.1, 0.15) is 52.4 Å². The maximum absolute atomic E-state index is 3.57. The van der Waals surface area contributed by atoms with E-state index in [1.807, 2.05) is 0 Å². The largest absolute Gasteiger partial charge is 0.317 e. The molecule has 3 heteroatoms. The molecule has 0 spiro atoms. The summed E-state index contributed by atoms with van der Waals surface area (Å²) in [5, 5.41) is 3.57. The van der Waals surface area contributed by atoms with E-state index in [0.29, 0.717) is 17.0 Å². The van der Waals surface area contributed by atoms with Gasteiger partial charge in [-0.1, -0.05) is 13.8 Å². The lowest BCUT2D eigenvalue weighted by atomic mass is 9.69. The summed E-state index contributed by atoms with van der Waals surface area (Å²) in [5.74, 6) is 0.794. The highest BCUT2D eigenvalue weighted by atomic mass is 15.2. The molecule has 0 aromatic heterocycles. The first-order valence-electron chi connectivity index (χ1n) is 8.81. The molecule has 2 aliphatic carbocycles. The quantitative estimate of drug-likeness (QED) is 0.813. The molecule has 1 N–H and O–H groups in total. The molecule has 2 atom stereocenters. The van der Waals surface area contributed by atoms with Crippen molar-refractivity contribution in [1.29, 1.82) is 0 Å². The van der Waals surface area contributed by atoms with Crippen molar-refractivity contribution >= 4 is 0 Å². The van der Waals surface area contributed by atoms with Gasteiger partial charge in [-0.3, -0.25) is 0 Å². The van der Waals surface area contributed by atoms with Crippen molar-refractivity contribution in [2.24, 2.45) is 11.3 Å². The van der Waals surface area contributed by atoms with Gasteiger partial charge in [0.05, 0.1) is 0 Å². The third-order valence-electron chi connectivity index (χ3n) is 6.23. The number of likely N-dealkylation sites (N-methyl/N-ethyl adjacent to an activating group) is 2. The Morgan fingerprint density at radius 2 is 1.76 bits per heavy atom. The van der Waals surface area contributed by atoms with Gasteiger partial charge in [0, 0.05) is 24.7 Å². The summed E-state index contributed by atoms with van der Waals surface area (Å²) in [4.78, 5) is 5.07. The van der Waals surface area contributed by atoms with Gasteiger partial charge in [-0.15, -0.1) is 0 Å². The highest BCUT2D eigenvalue weighted by Crippen LogP contribution is 2.40. The molecule has 2 unspecified atom stereocenters. The molecule has 0 aromatic rings. The Morgan fingerprint density at radius 3 is 2.24 bits per heavy atom. The normalized spacial score (nSPS) is 31.4. The topological polar surface area (TPSA) is 18.5 Å². The number of hydrogen-bond donors (Lipinski definition) is 1. The molecule has 2 aliphatic rings. The van der Waals surface area contributed by atoms with Crippen LogP contribution in [0.2, 0.25) is 0 Å². The van der Waals surface area contributed by atoms with E-state index < -0.39 is 0 Å². The SMILES string of the molecule is CNC1CCC(C)(C)CC1CN(C)CC1(N(C)C)CCC1. The second kappa shape index (κ2) is 6.55. The van der Waals surface area contributed by atoms with E-state index in [1.54, 1.807) is 0 Å². The minimum Gasteiger partial charge on any atom is -0.317 e. The summed E-state index contributed by atoms with van der Waals surface area (Å²) in [6.07, 6.45) is 8.20. The summed E-state index contributed by atoms with van der Waals surface area (Å²) in [6, 6.07) is 0.706. The minimum absolute atomic E-state index is 0.452. The van der Waals surface area contributed by atoms with Gasteiger partial charge in [-0.05, 0) is 78.0 Å². The van der Waals surface area contributed by atoms with E-state index in [-0.39, 0.29) is 0 Å². The average molecular weight is 296 g/mol. The number of nitrogens with one attached hydrogen (secondary N) is 1. The van der Waals surface area contributed by atoms with Crippen LogP contribution >= 0.6 is 0 Å². The third kappa shape index (κ3) is 4.00. The summed E-state index contributed by atoms with van der Waals surface area (Å²) in [7, 11) is 8.99. The molecule has 0 amide bonds. The Kier molecular flexibility index (Phi) is 5.38. The summed E-state index contributed by atoms with van der Waals surface area (Å²) in [6.45, 7) is 7.36. The van der Waals surface area contributed by atoms with Crippen LogP contribution in [0.5, 0.6) is 0 Å². The second-order valence-corrected chi connectivity index (χ2v) is 8.73. The van der Waals surface area contributed by atoms with Gasteiger partial charge in [-0.25, -0.2) is 0 Å². The lowest BCUT2D eigenvalue weighted by Crippen LogP contribution is -2.57. The van der Waals surface area contributed by atoms with Gasteiger partial charge < -0.3 is 15.1 Å². The van der Waals surface area contributed by atoms with Crippen LogP contribution in [0.4, 0.5) is 0 Å².